The lowest BCUT2D eigenvalue weighted by molar-refractivity contribution is 0.581. The van der Waals surface area contributed by atoms with Gasteiger partial charge < -0.3 is 11.1 Å². The van der Waals surface area contributed by atoms with Gasteiger partial charge in [-0.05, 0) is 6.42 Å². The molecule has 1 aromatic heterocycles. The lowest BCUT2D eigenvalue weighted by Crippen LogP contribution is -2.01. The maximum Gasteiger partial charge on any atom is 0.233 e. The first-order valence-corrected chi connectivity index (χ1v) is 7.43. The van der Waals surface area contributed by atoms with Crippen LogP contribution in [0.4, 0.5) is 11.1 Å². The van der Waals surface area contributed by atoms with Gasteiger partial charge in [-0.25, -0.2) is 0 Å². The van der Waals surface area contributed by atoms with Crippen molar-refractivity contribution in [2.45, 2.75) is 58.3 Å². The standard InChI is InChI=1S/C12H24N4S/c1-2-3-4-5-6-7-8-9-10-14-12-15-11(13)16-17-12/h2-10H2,1H3,(H3,13,14,15,16). The van der Waals surface area contributed by atoms with E-state index in [1.165, 1.54) is 62.9 Å². The number of nitrogens with zero attached hydrogens (tertiary/aromatic N) is 2. The van der Waals surface area contributed by atoms with Gasteiger partial charge in [-0.1, -0.05) is 51.9 Å². The van der Waals surface area contributed by atoms with Crippen molar-refractivity contribution < 1.29 is 0 Å². The number of hydrogen-bond acceptors (Lipinski definition) is 5. The van der Waals surface area contributed by atoms with E-state index in [1.54, 1.807) is 0 Å². The van der Waals surface area contributed by atoms with Gasteiger partial charge in [0.25, 0.3) is 0 Å². The number of anilines is 2. The Hall–Kier alpha value is -0.840. The van der Waals surface area contributed by atoms with E-state index in [0.29, 0.717) is 5.95 Å². The highest BCUT2D eigenvalue weighted by atomic mass is 32.1. The molecular formula is C12H24N4S. The Bertz CT molecular complexity index is 288. The third-order valence-corrected chi connectivity index (χ3v) is 3.44. The normalized spacial score (nSPS) is 10.6. The van der Waals surface area contributed by atoms with Crippen molar-refractivity contribution >= 4 is 22.6 Å². The topological polar surface area (TPSA) is 63.8 Å². The van der Waals surface area contributed by atoms with Gasteiger partial charge in [0, 0.05) is 18.1 Å². The van der Waals surface area contributed by atoms with E-state index in [-0.39, 0.29) is 0 Å². The summed E-state index contributed by atoms with van der Waals surface area (Å²) >= 11 is 1.33. The lowest BCUT2D eigenvalue weighted by atomic mass is 10.1. The van der Waals surface area contributed by atoms with E-state index in [2.05, 4.69) is 21.6 Å². The number of unbranched alkanes of at least 4 members (excludes halogenated alkanes) is 7. The molecule has 3 N–H and O–H groups in total. The zero-order valence-corrected chi connectivity index (χ0v) is 11.6. The summed E-state index contributed by atoms with van der Waals surface area (Å²) in [6, 6.07) is 0. The molecule has 0 amide bonds. The lowest BCUT2D eigenvalue weighted by Gasteiger charge is -2.02. The van der Waals surface area contributed by atoms with Crippen molar-refractivity contribution in [3.05, 3.63) is 0 Å². The summed E-state index contributed by atoms with van der Waals surface area (Å²) in [4.78, 5) is 4.05. The van der Waals surface area contributed by atoms with Gasteiger partial charge in [0.1, 0.15) is 0 Å². The van der Waals surface area contributed by atoms with Crippen LogP contribution in [0, 0.1) is 0 Å². The van der Waals surface area contributed by atoms with Gasteiger partial charge in [-0.3, -0.25) is 0 Å². The van der Waals surface area contributed by atoms with Crippen LogP contribution in [0.2, 0.25) is 0 Å². The number of nitrogens with one attached hydrogen (secondary N) is 1. The largest absolute Gasteiger partial charge is 0.367 e. The average Bonchev–Trinajstić information content (AvgIpc) is 2.73. The number of rotatable bonds is 10. The molecule has 17 heavy (non-hydrogen) atoms. The first-order chi connectivity index (χ1) is 8.33. The zero-order chi connectivity index (χ0) is 12.3. The third-order valence-electron chi connectivity index (χ3n) is 2.75. The van der Waals surface area contributed by atoms with E-state index in [1.807, 2.05) is 0 Å². The molecule has 1 aromatic rings. The molecule has 4 nitrogen and oxygen atoms in total. The van der Waals surface area contributed by atoms with Crippen molar-refractivity contribution in [2.24, 2.45) is 0 Å². The molecule has 0 saturated heterocycles. The van der Waals surface area contributed by atoms with Crippen LogP contribution in [-0.4, -0.2) is 15.9 Å². The van der Waals surface area contributed by atoms with E-state index < -0.39 is 0 Å². The van der Waals surface area contributed by atoms with Crippen LogP contribution in [0.5, 0.6) is 0 Å². The van der Waals surface area contributed by atoms with Crippen LogP contribution in [-0.2, 0) is 0 Å². The Balaban J connectivity index is 1.84. The Morgan fingerprint density at radius 2 is 1.71 bits per heavy atom. The van der Waals surface area contributed by atoms with Gasteiger partial charge in [0.05, 0.1) is 0 Å². The number of hydrogen-bond donors (Lipinski definition) is 2. The molecule has 0 radical (unpaired) electrons. The fourth-order valence-electron chi connectivity index (χ4n) is 1.76. The summed E-state index contributed by atoms with van der Waals surface area (Å²) in [5.41, 5.74) is 5.44. The van der Waals surface area contributed by atoms with Crippen molar-refractivity contribution in [3.63, 3.8) is 0 Å². The fraction of sp³-hybridized carbons (Fsp3) is 0.833. The molecule has 0 fully saturated rings. The Morgan fingerprint density at radius 3 is 2.29 bits per heavy atom. The fourth-order valence-corrected chi connectivity index (χ4v) is 2.28. The van der Waals surface area contributed by atoms with Crippen LogP contribution < -0.4 is 11.1 Å². The molecule has 0 atom stereocenters. The molecule has 0 bridgehead atoms. The van der Waals surface area contributed by atoms with Crippen LogP contribution >= 0.6 is 11.5 Å². The molecule has 1 heterocycles. The van der Waals surface area contributed by atoms with Crippen molar-refractivity contribution in [1.29, 1.82) is 0 Å². The minimum absolute atomic E-state index is 0.369. The summed E-state index contributed by atoms with van der Waals surface area (Å²) in [7, 11) is 0. The number of aromatic nitrogens is 2. The minimum Gasteiger partial charge on any atom is -0.367 e. The van der Waals surface area contributed by atoms with E-state index in [0.717, 1.165) is 11.7 Å². The van der Waals surface area contributed by atoms with E-state index in [9.17, 15) is 0 Å². The zero-order valence-electron chi connectivity index (χ0n) is 10.7. The third kappa shape index (κ3) is 7.15. The quantitative estimate of drug-likeness (QED) is 0.627. The molecule has 0 unspecified atom stereocenters. The van der Waals surface area contributed by atoms with Crippen LogP contribution in [0.1, 0.15) is 58.3 Å². The molecule has 1 rings (SSSR count). The first kappa shape index (κ1) is 14.2. The Labute approximate surface area is 108 Å². The highest BCUT2D eigenvalue weighted by Crippen LogP contribution is 2.12. The predicted molar refractivity (Wildman–Crippen MR) is 75.4 cm³/mol. The van der Waals surface area contributed by atoms with Crippen molar-refractivity contribution in [3.8, 4) is 0 Å². The summed E-state index contributed by atoms with van der Waals surface area (Å²) in [6.45, 7) is 3.23. The van der Waals surface area contributed by atoms with Crippen LogP contribution in [0.25, 0.3) is 0 Å². The van der Waals surface area contributed by atoms with Crippen LogP contribution in [0.3, 0.4) is 0 Å². The molecule has 0 aliphatic rings. The summed E-state index contributed by atoms with van der Waals surface area (Å²) in [5, 5.41) is 4.08. The Kier molecular flexibility index (Phi) is 7.71. The van der Waals surface area contributed by atoms with Gasteiger partial charge in [-0.2, -0.15) is 9.36 Å². The minimum atomic E-state index is 0.369. The van der Waals surface area contributed by atoms with Gasteiger partial charge in [0.2, 0.25) is 11.1 Å². The molecule has 0 aromatic carbocycles. The van der Waals surface area contributed by atoms with E-state index >= 15 is 0 Å². The molecule has 98 valence electrons. The second kappa shape index (κ2) is 9.22. The van der Waals surface area contributed by atoms with Crippen molar-refractivity contribution in [2.75, 3.05) is 17.6 Å². The average molecular weight is 256 g/mol. The summed E-state index contributed by atoms with van der Waals surface area (Å²) < 4.78 is 3.92. The monoisotopic (exact) mass is 256 g/mol. The van der Waals surface area contributed by atoms with Gasteiger partial charge in [0.15, 0.2) is 0 Å². The van der Waals surface area contributed by atoms with Crippen molar-refractivity contribution in [1.82, 2.24) is 9.36 Å². The maximum absolute atomic E-state index is 5.44. The Morgan fingerprint density at radius 1 is 1.06 bits per heavy atom. The number of nitrogens with two attached hydrogens (primary N) is 1. The van der Waals surface area contributed by atoms with Gasteiger partial charge in [-0.15, -0.1) is 0 Å². The maximum atomic E-state index is 5.44. The molecule has 0 aliphatic heterocycles. The highest BCUT2D eigenvalue weighted by Gasteiger charge is 1.98. The SMILES string of the molecule is CCCCCCCCCCNc1nc(N)ns1. The highest BCUT2D eigenvalue weighted by molar-refractivity contribution is 7.09. The second-order valence-electron chi connectivity index (χ2n) is 4.36. The molecule has 0 spiro atoms. The molecule has 0 saturated carbocycles. The van der Waals surface area contributed by atoms with E-state index in [4.69, 9.17) is 5.73 Å². The second-order valence-corrected chi connectivity index (χ2v) is 5.11. The number of nitrogen functional groups attached to an aromatic ring is 1. The summed E-state index contributed by atoms with van der Waals surface area (Å²) in [6.07, 6.45) is 10.7. The molecule has 5 heteroatoms. The van der Waals surface area contributed by atoms with Crippen LogP contribution in [0.15, 0.2) is 0 Å². The van der Waals surface area contributed by atoms with Gasteiger partial charge >= 0.3 is 0 Å². The predicted octanol–water partition coefficient (Wildman–Crippen LogP) is 3.67. The summed E-state index contributed by atoms with van der Waals surface area (Å²) in [5.74, 6) is 0.369. The molecular weight excluding hydrogens is 232 g/mol. The smallest absolute Gasteiger partial charge is 0.233 e. The first-order valence-electron chi connectivity index (χ1n) is 6.66. The molecule has 0 aliphatic carbocycles.